The standard InChI is InChI=1S/C10H21N3/c1-7(2)8-3-5-9(6-4-8)13-10(11)12/h7-9H,3-6H2,1-2H3,(H4,11,12,13). The maximum atomic E-state index is 7.13. The summed E-state index contributed by atoms with van der Waals surface area (Å²) in [5, 5.41) is 10.1. The minimum absolute atomic E-state index is 0.119. The van der Waals surface area contributed by atoms with Crippen LogP contribution in [-0.2, 0) is 0 Å². The van der Waals surface area contributed by atoms with Crippen LogP contribution in [0.3, 0.4) is 0 Å². The molecular weight excluding hydrogens is 162 g/mol. The number of rotatable bonds is 2. The van der Waals surface area contributed by atoms with Crippen molar-refractivity contribution in [3.05, 3.63) is 0 Å². The molecule has 0 aliphatic heterocycles. The minimum Gasteiger partial charge on any atom is -0.370 e. The number of guanidine groups is 1. The summed E-state index contributed by atoms with van der Waals surface area (Å²) in [4.78, 5) is 0. The molecule has 76 valence electrons. The van der Waals surface area contributed by atoms with Gasteiger partial charge in [-0.2, -0.15) is 0 Å². The highest BCUT2D eigenvalue weighted by Gasteiger charge is 2.22. The maximum absolute atomic E-state index is 7.13. The molecule has 1 aliphatic rings. The van der Waals surface area contributed by atoms with Gasteiger partial charge < -0.3 is 11.1 Å². The van der Waals surface area contributed by atoms with E-state index in [1.165, 1.54) is 25.7 Å². The van der Waals surface area contributed by atoms with Crippen LogP contribution in [0.4, 0.5) is 0 Å². The van der Waals surface area contributed by atoms with E-state index in [4.69, 9.17) is 11.1 Å². The Kier molecular flexibility index (Phi) is 3.58. The van der Waals surface area contributed by atoms with E-state index in [1.54, 1.807) is 0 Å². The molecule has 0 aromatic rings. The summed E-state index contributed by atoms with van der Waals surface area (Å²) < 4.78 is 0. The van der Waals surface area contributed by atoms with E-state index in [-0.39, 0.29) is 5.96 Å². The first-order valence-electron chi connectivity index (χ1n) is 5.20. The summed E-state index contributed by atoms with van der Waals surface area (Å²) in [5.74, 6) is 1.80. The van der Waals surface area contributed by atoms with Crippen molar-refractivity contribution in [2.45, 2.75) is 45.6 Å². The van der Waals surface area contributed by atoms with Crippen molar-refractivity contribution in [1.82, 2.24) is 5.32 Å². The zero-order chi connectivity index (χ0) is 9.84. The molecule has 3 nitrogen and oxygen atoms in total. The molecule has 0 atom stereocenters. The lowest BCUT2D eigenvalue weighted by molar-refractivity contribution is 0.250. The van der Waals surface area contributed by atoms with Crippen LogP contribution in [0.5, 0.6) is 0 Å². The van der Waals surface area contributed by atoms with Crippen LogP contribution in [0.2, 0.25) is 0 Å². The lowest BCUT2D eigenvalue weighted by Crippen LogP contribution is -2.41. The summed E-state index contributed by atoms with van der Waals surface area (Å²) in [6.45, 7) is 4.59. The summed E-state index contributed by atoms with van der Waals surface area (Å²) in [6.07, 6.45) is 4.90. The molecule has 1 aliphatic carbocycles. The average Bonchev–Trinajstić information content (AvgIpc) is 2.04. The second-order valence-corrected chi connectivity index (χ2v) is 4.41. The summed E-state index contributed by atoms with van der Waals surface area (Å²) in [6, 6.07) is 0.451. The summed E-state index contributed by atoms with van der Waals surface area (Å²) in [7, 11) is 0. The molecule has 0 radical (unpaired) electrons. The molecule has 0 unspecified atom stereocenters. The fraction of sp³-hybridized carbons (Fsp3) is 0.900. The Bertz CT molecular complexity index is 169. The van der Waals surface area contributed by atoms with Gasteiger partial charge in [0.25, 0.3) is 0 Å². The Morgan fingerprint density at radius 1 is 1.31 bits per heavy atom. The van der Waals surface area contributed by atoms with E-state index in [0.29, 0.717) is 6.04 Å². The lowest BCUT2D eigenvalue weighted by atomic mass is 9.80. The van der Waals surface area contributed by atoms with Gasteiger partial charge in [0, 0.05) is 6.04 Å². The van der Waals surface area contributed by atoms with E-state index in [2.05, 4.69) is 19.2 Å². The summed E-state index contributed by atoms with van der Waals surface area (Å²) in [5.41, 5.74) is 5.29. The Hall–Kier alpha value is -0.730. The maximum Gasteiger partial charge on any atom is 0.185 e. The van der Waals surface area contributed by atoms with Crippen LogP contribution in [0.25, 0.3) is 0 Å². The van der Waals surface area contributed by atoms with Crippen molar-refractivity contribution in [3.8, 4) is 0 Å². The van der Waals surface area contributed by atoms with Crippen molar-refractivity contribution in [2.75, 3.05) is 0 Å². The molecule has 4 N–H and O–H groups in total. The Labute approximate surface area is 80.6 Å². The highest BCUT2D eigenvalue weighted by molar-refractivity contribution is 5.74. The molecule has 1 rings (SSSR count). The van der Waals surface area contributed by atoms with Gasteiger partial charge in [0.15, 0.2) is 5.96 Å². The molecule has 1 saturated carbocycles. The molecule has 0 aromatic heterocycles. The third-order valence-electron chi connectivity index (χ3n) is 3.07. The molecule has 3 heteroatoms. The first-order chi connectivity index (χ1) is 6.09. The first kappa shape index (κ1) is 10.4. The molecule has 0 amide bonds. The molecular formula is C10H21N3. The highest BCUT2D eigenvalue weighted by Crippen LogP contribution is 2.29. The van der Waals surface area contributed by atoms with Gasteiger partial charge in [0.1, 0.15) is 0 Å². The largest absolute Gasteiger partial charge is 0.370 e. The van der Waals surface area contributed by atoms with Gasteiger partial charge >= 0.3 is 0 Å². The second kappa shape index (κ2) is 4.49. The van der Waals surface area contributed by atoms with Crippen molar-refractivity contribution in [1.29, 1.82) is 5.41 Å². The van der Waals surface area contributed by atoms with Gasteiger partial charge in [0.2, 0.25) is 0 Å². The zero-order valence-electron chi connectivity index (χ0n) is 8.64. The van der Waals surface area contributed by atoms with Crippen LogP contribution in [-0.4, -0.2) is 12.0 Å². The smallest absolute Gasteiger partial charge is 0.185 e. The van der Waals surface area contributed by atoms with E-state index in [0.717, 1.165) is 11.8 Å². The molecule has 13 heavy (non-hydrogen) atoms. The second-order valence-electron chi connectivity index (χ2n) is 4.41. The van der Waals surface area contributed by atoms with E-state index in [9.17, 15) is 0 Å². The monoisotopic (exact) mass is 183 g/mol. The number of nitrogens with two attached hydrogens (primary N) is 1. The quantitative estimate of drug-likeness (QED) is 0.450. The van der Waals surface area contributed by atoms with E-state index in [1.807, 2.05) is 0 Å². The third-order valence-corrected chi connectivity index (χ3v) is 3.07. The topological polar surface area (TPSA) is 61.9 Å². The molecule has 1 fully saturated rings. The molecule has 0 aromatic carbocycles. The lowest BCUT2D eigenvalue weighted by Gasteiger charge is -2.31. The van der Waals surface area contributed by atoms with Gasteiger partial charge in [-0.3, -0.25) is 5.41 Å². The first-order valence-corrected chi connectivity index (χ1v) is 5.20. The fourth-order valence-corrected chi connectivity index (χ4v) is 2.15. The van der Waals surface area contributed by atoms with Gasteiger partial charge in [-0.25, -0.2) is 0 Å². The normalized spacial score (nSPS) is 28.8. The van der Waals surface area contributed by atoms with Crippen LogP contribution in [0, 0.1) is 17.2 Å². The van der Waals surface area contributed by atoms with Crippen molar-refractivity contribution < 1.29 is 0 Å². The summed E-state index contributed by atoms with van der Waals surface area (Å²) >= 11 is 0. The van der Waals surface area contributed by atoms with Crippen molar-refractivity contribution >= 4 is 5.96 Å². The third kappa shape index (κ3) is 3.25. The molecule has 0 bridgehead atoms. The van der Waals surface area contributed by atoms with Crippen LogP contribution < -0.4 is 11.1 Å². The van der Waals surface area contributed by atoms with E-state index >= 15 is 0 Å². The molecule has 0 saturated heterocycles. The van der Waals surface area contributed by atoms with Crippen LogP contribution >= 0.6 is 0 Å². The molecule has 0 spiro atoms. The van der Waals surface area contributed by atoms with Gasteiger partial charge in [-0.15, -0.1) is 0 Å². The minimum atomic E-state index is 0.119. The number of hydrogen-bond acceptors (Lipinski definition) is 1. The number of nitrogens with one attached hydrogen (secondary N) is 2. The zero-order valence-corrected chi connectivity index (χ0v) is 8.64. The highest BCUT2D eigenvalue weighted by atomic mass is 15.1. The SMILES string of the molecule is CC(C)C1CCC(NC(=N)N)CC1. The Morgan fingerprint density at radius 2 is 1.85 bits per heavy atom. The average molecular weight is 183 g/mol. The van der Waals surface area contributed by atoms with Crippen molar-refractivity contribution in [3.63, 3.8) is 0 Å². The van der Waals surface area contributed by atoms with Crippen molar-refractivity contribution in [2.24, 2.45) is 17.6 Å². The van der Waals surface area contributed by atoms with E-state index < -0.39 is 0 Å². The fourth-order valence-electron chi connectivity index (χ4n) is 2.15. The van der Waals surface area contributed by atoms with Gasteiger partial charge in [-0.1, -0.05) is 13.8 Å². The number of hydrogen-bond donors (Lipinski definition) is 3. The Morgan fingerprint density at radius 3 is 2.23 bits per heavy atom. The Balaban J connectivity index is 2.26. The predicted molar refractivity (Wildman–Crippen MR) is 55.6 cm³/mol. The predicted octanol–water partition coefficient (Wildman–Crippen LogP) is 1.68. The molecule has 0 heterocycles. The van der Waals surface area contributed by atoms with Crippen LogP contribution in [0.15, 0.2) is 0 Å². The van der Waals surface area contributed by atoms with Gasteiger partial charge in [-0.05, 0) is 37.5 Å². The van der Waals surface area contributed by atoms with Gasteiger partial charge in [0.05, 0.1) is 0 Å². The van der Waals surface area contributed by atoms with Crippen LogP contribution in [0.1, 0.15) is 39.5 Å².